The van der Waals surface area contributed by atoms with Crippen molar-refractivity contribution in [2.75, 3.05) is 0 Å². The smallest absolute Gasteiger partial charge is 0.248 e. The second-order valence-corrected chi connectivity index (χ2v) is 2.33. The first kappa shape index (κ1) is 5.46. The van der Waals surface area contributed by atoms with Gasteiger partial charge in [0.15, 0.2) is 0 Å². The first-order valence-corrected chi connectivity index (χ1v) is 2.99. The molecule has 1 heterocycles. The predicted octanol–water partition coefficient (Wildman–Crippen LogP) is -0.496. The van der Waals surface area contributed by atoms with Crippen LogP contribution in [0.15, 0.2) is 11.5 Å². The molecule has 0 aromatic heterocycles. The molecule has 0 radical (unpaired) electrons. The van der Waals surface area contributed by atoms with Crippen molar-refractivity contribution in [3.05, 3.63) is 16.7 Å². The number of hydroxylamine groups is 1. The van der Waals surface area contributed by atoms with Gasteiger partial charge in [-0.05, 0) is 0 Å². The second-order valence-electron chi connectivity index (χ2n) is 1.17. The molecule has 44 valence electrons. The van der Waals surface area contributed by atoms with Gasteiger partial charge in [-0.1, -0.05) is 0 Å². The summed E-state index contributed by atoms with van der Waals surface area (Å²) < 4.78 is 10.1. The van der Waals surface area contributed by atoms with Gasteiger partial charge in [-0.15, -0.1) is 0 Å². The van der Waals surface area contributed by atoms with Gasteiger partial charge in [0.1, 0.15) is 11.0 Å². The van der Waals surface area contributed by atoms with Gasteiger partial charge in [0.2, 0.25) is 5.91 Å². The van der Waals surface area contributed by atoms with Crippen LogP contribution in [0.3, 0.4) is 0 Å². The minimum Gasteiger partial charge on any atom is -0.744 e. The highest BCUT2D eigenvalue weighted by atomic mass is 32.2. The Morgan fingerprint density at radius 1 is 1.75 bits per heavy atom. The third-order valence-corrected chi connectivity index (χ3v) is 1.55. The molecule has 5 heteroatoms. The topological polar surface area (TPSA) is 60.4 Å². The van der Waals surface area contributed by atoms with Gasteiger partial charge < -0.3 is 9.68 Å². The van der Waals surface area contributed by atoms with Crippen molar-refractivity contribution in [1.82, 2.24) is 4.47 Å². The van der Waals surface area contributed by atoms with Gasteiger partial charge in [0.25, 0.3) is 0 Å². The molecule has 1 amide bonds. The van der Waals surface area contributed by atoms with Gasteiger partial charge in [-0.25, -0.2) is 4.21 Å². The lowest BCUT2D eigenvalue weighted by Crippen LogP contribution is -2.17. The average molecular weight is 132 g/mol. The van der Waals surface area contributed by atoms with E-state index >= 15 is 0 Å². The van der Waals surface area contributed by atoms with Crippen molar-refractivity contribution in [1.29, 1.82) is 0 Å². The van der Waals surface area contributed by atoms with Crippen LogP contribution >= 0.6 is 0 Å². The number of amides is 1. The molecular weight excluding hydrogens is 130 g/mol. The standard InChI is InChI=1S/C3H2NO3S/c5-3-1-2-8(7)4(3)6/h1-2H/q-1. The summed E-state index contributed by atoms with van der Waals surface area (Å²) in [6.07, 6.45) is 0.989. The molecule has 1 aliphatic heterocycles. The van der Waals surface area contributed by atoms with Crippen LogP contribution < -0.4 is 0 Å². The number of hydrogen-bond donors (Lipinski definition) is 0. The molecule has 0 aromatic carbocycles. The highest BCUT2D eigenvalue weighted by molar-refractivity contribution is 7.86. The van der Waals surface area contributed by atoms with Crippen LogP contribution in [-0.2, 0) is 15.8 Å². The third kappa shape index (κ3) is 0.654. The monoisotopic (exact) mass is 132 g/mol. The van der Waals surface area contributed by atoms with E-state index in [-0.39, 0.29) is 4.47 Å². The molecule has 0 aliphatic carbocycles. The molecular formula is C3H2NO3S-. The summed E-state index contributed by atoms with van der Waals surface area (Å²) in [4.78, 5) is 10.1. The van der Waals surface area contributed by atoms with Crippen molar-refractivity contribution in [3.63, 3.8) is 0 Å². The summed E-state index contributed by atoms with van der Waals surface area (Å²) >= 11 is 0. The Hall–Kier alpha value is -0.680. The molecule has 1 atom stereocenters. The first-order valence-electron chi connectivity index (χ1n) is 1.82. The zero-order chi connectivity index (χ0) is 6.15. The van der Waals surface area contributed by atoms with Gasteiger partial charge in [0.05, 0.1) is 0 Å². The predicted molar refractivity (Wildman–Crippen MR) is 27.5 cm³/mol. The lowest BCUT2D eigenvalue weighted by molar-refractivity contribution is -0.119. The SMILES string of the molecule is O=C1C=CS(=O)N1[O-]. The lowest BCUT2D eigenvalue weighted by atomic mass is 10.6. The minimum atomic E-state index is -1.75. The number of carbonyl (C=O) groups is 1. The van der Waals surface area contributed by atoms with Crippen molar-refractivity contribution >= 4 is 16.9 Å². The summed E-state index contributed by atoms with van der Waals surface area (Å²) in [6, 6.07) is 0. The fourth-order valence-corrected chi connectivity index (χ4v) is 0.903. The fraction of sp³-hybridized carbons (Fsp3) is 0. The molecule has 4 nitrogen and oxygen atoms in total. The molecule has 0 saturated heterocycles. The van der Waals surface area contributed by atoms with Crippen molar-refractivity contribution < 1.29 is 9.00 Å². The van der Waals surface area contributed by atoms with E-state index in [2.05, 4.69) is 0 Å². The Morgan fingerprint density at radius 2 is 2.38 bits per heavy atom. The average Bonchev–Trinajstić information content (AvgIpc) is 1.98. The zero-order valence-electron chi connectivity index (χ0n) is 3.73. The van der Waals surface area contributed by atoms with Crippen LogP contribution in [0.25, 0.3) is 0 Å². The number of rotatable bonds is 0. The van der Waals surface area contributed by atoms with Crippen molar-refractivity contribution in [2.45, 2.75) is 0 Å². The summed E-state index contributed by atoms with van der Waals surface area (Å²) in [7, 11) is -1.75. The zero-order valence-corrected chi connectivity index (χ0v) is 4.55. The molecule has 0 N–H and O–H groups in total. The highest BCUT2D eigenvalue weighted by Crippen LogP contribution is 2.03. The van der Waals surface area contributed by atoms with E-state index in [4.69, 9.17) is 0 Å². The van der Waals surface area contributed by atoms with Crippen LogP contribution in [0.4, 0.5) is 0 Å². The largest absolute Gasteiger partial charge is 0.744 e. The number of carbonyl (C=O) groups excluding carboxylic acids is 1. The quantitative estimate of drug-likeness (QED) is 0.446. The summed E-state index contributed by atoms with van der Waals surface area (Å²) in [6.45, 7) is 0. The molecule has 0 saturated carbocycles. The highest BCUT2D eigenvalue weighted by Gasteiger charge is 2.10. The van der Waals surface area contributed by atoms with Crippen LogP contribution in [0, 0.1) is 5.21 Å². The molecule has 1 rings (SSSR count). The molecule has 1 unspecified atom stereocenters. The summed E-state index contributed by atoms with van der Waals surface area (Å²) in [5.74, 6) is -0.747. The maximum absolute atomic E-state index is 10.2. The lowest BCUT2D eigenvalue weighted by Gasteiger charge is -2.17. The Balaban J connectivity index is 2.84. The Bertz CT molecular complexity index is 157. The van der Waals surface area contributed by atoms with Crippen LogP contribution in [0.5, 0.6) is 0 Å². The Labute approximate surface area is 48.0 Å². The molecule has 0 fully saturated rings. The van der Waals surface area contributed by atoms with E-state index < -0.39 is 16.9 Å². The molecule has 8 heavy (non-hydrogen) atoms. The maximum Gasteiger partial charge on any atom is 0.248 e. The van der Waals surface area contributed by atoms with Gasteiger partial charge in [-0.3, -0.25) is 4.79 Å². The van der Waals surface area contributed by atoms with E-state index in [1.165, 1.54) is 0 Å². The Morgan fingerprint density at radius 3 is 2.50 bits per heavy atom. The summed E-state index contributed by atoms with van der Waals surface area (Å²) in [5, 5.41) is 11.2. The third-order valence-electron chi connectivity index (χ3n) is 0.670. The molecule has 0 spiro atoms. The first-order chi connectivity index (χ1) is 3.72. The minimum absolute atomic E-state index is 0.0833. The molecule has 0 bridgehead atoms. The van der Waals surface area contributed by atoms with E-state index in [1.807, 2.05) is 0 Å². The van der Waals surface area contributed by atoms with Crippen LogP contribution in [0.2, 0.25) is 0 Å². The second kappa shape index (κ2) is 1.68. The normalized spacial score (nSPS) is 27.4. The van der Waals surface area contributed by atoms with Crippen LogP contribution in [0.1, 0.15) is 0 Å². The Kier molecular flexibility index (Phi) is 1.15. The van der Waals surface area contributed by atoms with E-state index in [0.717, 1.165) is 11.5 Å². The fourth-order valence-electron chi connectivity index (χ4n) is 0.321. The van der Waals surface area contributed by atoms with E-state index in [9.17, 15) is 14.2 Å². The van der Waals surface area contributed by atoms with Crippen molar-refractivity contribution in [3.8, 4) is 0 Å². The van der Waals surface area contributed by atoms with Crippen LogP contribution in [-0.4, -0.2) is 14.6 Å². The molecule has 0 aromatic rings. The van der Waals surface area contributed by atoms with E-state index in [1.54, 1.807) is 0 Å². The van der Waals surface area contributed by atoms with Gasteiger partial charge >= 0.3 is 0 Å². The molecule has 1 aliphatic rings. The summed E-state index contributed by atoms with van der Waals surface area (Å²) in [5.41, 5.74) is 0. The number of nitrogens with zero attached hydrogens (tertiary/aromatic N) is 1. The van der Waals surface area contributed by atoms with Gasteiger partial charge in [0, 0.05) is 11.5 Å². The van der Waals surface area contributed by atoms with Crippen molar-refractivity contribution in [2.24, 2.45) is 0 Å². The van der Waals surface area contributed by atoms with E-state index in [0.29, 0.717) is 0 Å². The number of hydrogen-bond acceptors (Lipinski definition) is 3. The maximum atomic E-state index is 10.2. The van der Waals surface area contributed by atoms with Gasteiger partial charge in [-0.2, -0.15) is 0 Å².